The Morgan fingerprint density at radius 1 is 1.40 bits per heavy atom. The largest absolute Gasteiger partial charge is 0.371 e. The third kappa shape index (κ3) is 4.18. The maximum absolute atomic E-state index is 14.4. The molecule has 1 fully saturated rings. The van der Waals surface area contributed by atoms with Crippen molar-refractivity contribution in [2.24, 2.45) is 0 Å². The van der Waals surface area contributed by atoms with Crippen molar-refractivity contribution in [3.05, 3.63) is 53.4 Å². The average Bonchev–Trinajstić information content (AvgIpc) is 2.62. The molecule has 3 rings (SSSR count). The fourth-order valence-electron chi connectivity index (χ4n) is 2.59. The van der Waals surface area contributed by atoms with E-state index < -0.39 is 11.7 Å². The molecule has 1 saturated heterocycles. The zero-order valence-corrected chi connectivity index (χ0v) is 14.3. The van der Waals surface area contributed by atoms with Gasteiger partial charge in [0.15, 0.2) is 0 Å². The molecule has 0 unspecified atom stereocenters. The van der Waals surface area contributed by atoms with E-state index in [1.54, 1.807) is 18.3 Å². The van der Waals surface area contributed by atoms with Gasteiger partial charge in [-0.2, -0.15) is 0 Å². The van der Waals surface area contributed by atoms with Crippen molar-refractivity contribution in [1.82, 2.24) is 15.3 Å². The Morgan fingerprint density at radius 2 is 2.24 bits per heavy atom. The molecule has 25 heavy (non-hydrogen) atoms. The van der Waals surface area contributed by atoms with Gasteiger partial charge in [0.1, 0.15) is 11.5 Å². The number of halogens is 1. The van der Waals surface area contributed by atoms with Crippen LogP contribution >= 0.6 is 0 Å². The van der Waals surface area contributed by atoms with Gasteiger partial charge in [0, 0.05) is 30.5 Å². The first-order valence-corrected chi connectivity index (χ1v) is 8.29. The van der Waals surface area contributed by atoms with Crippen molar-refractivity contribution in [1.29, 1.82) is 0 Å². The summed E-state index contributed by atoms with van der Waals surface area (Å²) in [5.74, 6) is -0.660. The molecular formula is C18H21FN4O2. The molecule has 2 heterocycles. The summed E-state index contributed by atoms with van der Waals surface area (Å²) in [5, 5.41) is 5.82. The Morgan fingerprint density at radius 3 is 2.92 bits per heavy atom. The third-order valence-corrected chi connectivity index (χ3v) is 4.01. The van der Waals surface area contributed by atoms with Gasteiger partial charge in [-0.1, -0.05) is 19.9 Å². The van der Waals surface area contributed by atoms with Gasteiger partial charge in [-0.3, -0.25) is 9.78 Å². The number of benzene rings is 1. The number of rotatable bonds is 4. The van der Waals surface area contributed by atoms with Crippen LogP contribution in [-0.4, -0.2) is 35.6 Å². The summed E-state index contributed by atoms with van der Waals surface area (Å²) in [5.41, 5.74) is 1.78. The van der Waals surface area contributed by atoms with E-state index in [4.69, 9.17) is 4.74 Å². The molecule has 1 aliphatic rings. The van der Waals surface area contributed by atoms with Gasteiger partial charge >= 0.3 is 0 Å². The van der Waals surface area contributed by atoms with Crippen LogP contribution in [0.25, 0.3) is 0 Å². The molecule has 1 aromatic heterocycles. The lowest BCUT2D eigenvalue weighted by atomic mass is 10.1. The molecule has 1 aliphatic heterocycles. The number of carbonyl (C=O) groups is 1. The molecule has 0 saturated carbocycles. The predicted molar refractivity (Wildman–Crippen MR) is 92.0 cm³/mol. The molecule has 1 atom stereocenters. The lowest BCUT2D eigenvalue weighted by molar-refractivity contribution is 0.0255. The Hall–Kier alpha value is -2.38. The van der Waals surface area contributed by atoms with Gasteiger partial charge in [-0.15, -0.1) is 0 Å². The summed E-state index contributed by atoms with van der Waals surface area (Å²) in [7, 11) is 0. The molecule has 6 nitrogen and oxygen atoms in total. The maximum Gasteiger partial charge on any atom is 0.275 e. The SMILES string of the molecule is CC(C)c1cncc(C(=O)Nc2ccc([C@H]3CNCCO3)c(F)c2)n1. The summed E-state index contributed by atoms with van der Waals surface area (Å²) >= 11 is 0. The van der Waals surface area contributed by atoms with Gasteiger partial charge in [0.25, 0.3) is 5.91 Å². The van der Waals surface area contributed by atoms with Crippen LogP contribution in [0.15, 0.2) is 30.6 Å². The normalized spacial score (nSPS) is 17.5. The molecule has 0 spiro atoms. The molecular weight excluding hydrogens is 323 g/mol. The molecule has 7 heteroatoms. The zero-order valence-electron chi connectivity index (χ0n) is 14.3. The number of hydrogen-bond donors (Lipinski definition) is 2. The Balaban J connectivity index is 1.73. The number of nitrogens with zero attached hydrogens (tertiary/aromatic N) is 2. The Bertz CT molecular complexity index is 760. The van der Waals surface area contributed by atoms with Crippen molar-refractivity contribution >= 4 is 11.6 Å². The molecule has 1 aromatic carbocycles. The smallest absolute Gasteiger partial charge is 0.275 e. The molecule has 0 bridgehead atoms. The van der Waals surface area contributed by atoms with Crippen molar-refractivity contribution in [3.8, 4) is 0 Å². The van der Waals surface area contributed by atoms with Gasteiger partial charge < -0.3 is 15.4 Å². The fraction of sp³-hybridized carbons (Fsp3) is 0.389. The Labute approximate surface area is 145 Å². The second-order valence-electron chi connectivity index (χ2n) is 6.24. The van der Waals surface area contributed by atoms with Crippen molar-refractivity contribution in [2.75, 3.05) is 25.0 Å². The highest BCUT2D eigenvalue weighted by atomic mass is 19.1. The summed E-state index contributed by atoms with van der Waals surface area (Å²) in [6.45, 7) is 5.83. The van der Waals surface area contributed by atoms with Crippen LogP contribution in [0, 0.1) is 5.82 Å². The standard InChI is InChI=1S/C18H21FN4O2/c1-11(2)15-8-21-9-16(23-15)18(24)22-12-3-4-13(14(19)7-12)17-10-20-5-6-25-17/h3-4,7-9,11,17,20H,5-6,10H2,1-2H3,(H,22,24)/t17-/m1/s1. The van der Waals surface area contributed by atoms with E-state index in [0.29, 0.717) is 24.4 Å². The van der Waals surface area contributed by atoms with Crippen molar-refractivity contribution in [3.63, 3.8) is 0 Å². The van der Waals surface area contributed by atoms with Crippen LogP contribution in [0.2, 0.25) is 0 Å². The zero-order chi connectivity index (χ0) is 17.8. The molecule has 132 valence electrons. The number of ether oxygens (including phenoxy) is 1. The van der Waals surface area contributed by atoms with E-state index in [-0.39, 0.29) is 17.7 Å². The van der Waals surface area contributed by atoms with E-state index in [1.165, 1.54) is 12.3 Å². The van der Waals surface area contributed by atoms with Gasteiger partial charge in [0.2, 0.25) is 0 Å². The summed E-state index contributed by atoms with van der Waals surface area (Å²) in [6, 6.07) is 4.60. The van der Waals surface area contributed by atoms with E-state index in [9.17, 15) is 9.18 Å². The highest BCUT2D eigenvalue weighted by Gasteiger charge is 2.20. The van der Waals surface area contributed by atoms with E-state index in [1.807, 2.05) is 13.8 Å². The lowest BCUT2D eigenvalue weighted by Crippen LogP contribution is -2.33. The van der Waals surface area contributed by atoms with E-state index in [2.05, 4.69) is 20.6 Å². The average molecular weight is 344 g/mol. The number of nitrogens with one attached hydrogen (secondary N) is 2. The molecule has 1 amide bonds. The monoisotopic (exact) mass is 344 g/mol. The summed E-state index contributed by atoms with van der Waals surface area (Å²) < 4.78 is 19.9. The second-order valence-corrected chi connectivity index (χ2v) is 6.24. The first kappa shape index (κ1) is 17.4. The number of amides is 1. The van der Waals surface area contributed by atoms with Gasteiger partial charge in [-0.05, 0) is 18.1 Å². The first-order valence-electron chi connectivity index (χ1n) is 8.29. The molecule has 0 aliphatic carbocycles. The van der Waals surface area contributed by atoms with Crippen molar-refractivity contribution in [2.45, 2.75) is 25.9 Å². The van der Waals surface area contributed by atoms with Crippen LogP contribution in [0.1, 0.15) is 47.6 Å². The van der Waals surface area contributed by atoms with Crippen LogP contribution in [0.5, 0.6) is 0 Å². The van der Waals surface area contributed by atoms with Crippen molar-refractivity contribution < 1.29 is 13.9 Å². The summed E-state index contributed by atoms with van der Waals surface area (Å²) in [6.07, 6.45) is 2.72. The number of carbonyl (C=O) groups excluding carboxylic acids is 1. The molecule has 2 N–H and O–H groups in total. The van der Waals surface area contributed by atoms with Crippen LogP contribution in [-0.2, 0) is 4.74 Å². The minimum Gasteiger partial charge on any atom is -0.371 e. The molecule has 0 radical (unpaired) electrons. The topological polar surface area (TPSA) is 76.1 Å². The molecule has 2 aromatic rings. The second kappa shape index (κ2) is 7.67. The van der Waals surface area contributed by atoms with Crippen LogP contribution < -0.4 is 10.6 Å². The minimum absolute atomic E-state index is 0.168. The van der Waals surface area contributed by atoms with Crippen LogP contribution in [0.3, 0.4) is 0 Å². The first-order chi connectivity index (χ1) is 12.0. The lowest BCUT2D eigenvalue weighted by Gasteiger charge is -2.24. The minimum atomic E-state index is -0.419. The quantitative estimate of drug-likeness (QED) is 0.892. The maximum atomic E-state index is 14.4. The number of hydrogen-bond acceptors (Lipinski definition) is 5. The third-order valence-electron chi connectivity index (χ3n) is 4.01. The van der Waals surface area contributed by atoms with E-state index in [0.717, 1.165) is 12.2 Å². The van der Waals surface area contributed by atoms with E-state index >= 15 is 0 Å². The predicted octanol–water partition coefficient (Wildman–Crippen LogP) is 2.65. The van der Waals surface area contributed by atoms with Gasteiger partial charge in [-0.25, -0.2) is 9.37 Å². The van der Waals surface area contributed by atoms with Gasteiger partial charge in [0.05, 0.1) is 24.6 Å². The number of aromatic nitrogens is 2. The summed E-state index contributed by atoms with van der Waals surface area (Å²) in [4.78, 5) is 20.6. The number of morpholine rings is 1. The highest BCUT2D eigenvalue weighted by Crippen LogP contribution is 2.24. The highest BCUT2D eigenvalue weighted by molar-refractivity contribution is 6.02. The fourth-order valence-corrected chi connectivity index (χ4v) is 2.59. The Kier molecular flexibility index (Phi) is 5.35. The van der Waals surface area contributed by atoms with Crippen LogP contribution in [0.4, 0.5) is 10.1 Å². The number of anilines is 1.